The number of methoxy groups -OCH3 is 1. The van der Waals surface area contributed by atoms with E-state index in [1.807, 2.05) is 61.5 Å². The van der Waals surface area contributed by atoms with Crippen LogP contribution in [0.1, 0.15) is 15.9 Å². The number of nitrogens with one attached hydrogen (secondary N) is 2. The van der Waals surface area contributed by atoms with Gasteiger partial charge in [-0.2, -0.15) is 0 Å². The number of oxazole rings is 1. The number of benzene rings is 3. The molecule has 7 heteroatoms. The number of thiocarbonyl (C=S) groups is 1. The number of nitrogens with zero attached hydrogens (tertiary/aromatic N) is 1. The first-order valence-electron chi connectivity index (χ1n) is 9.27. The second-order valence-corrected chi connectivity index (χ2v) is 7.04. The van der Waals surface area contributed by atoms with Crippen LogP contribution in [0.15, 0.2) is 71.1 Å². The normalized spacial score (nSPS) is 10.6. The van der Waals surface area contributed by atoms with Gasteiger partial charge >= 0.3 is 0 Å². The zero-order valence-corrected chi connectivity index (χ0v) is 17.2. The minimum Gasteiger partial charge on any atom is -0.496 e. The van der Waals surface area contributed by atoms with Crippen molar-refractivity contribution >= 4 is 40.0 Å². The van der Waals surface area contributed by atoms with Crippen LogP contribution in [0.25, 0.3) is 22.6 Å². The van der Waals surface area contributed by atoms with Crippen LogP contribution in [0.4, 0.5) is 5.69 Å². The van der Waals surface area contributed by atoms with Crippen LogP contribution in [0, 0.1) is 6.92 Å². The van der Waals surface area contributed by atoms with E-state index in [2.05, 4.69) is 15.6 Å². The van der Waals surface area contributed by atoms with Crippen LogP contribution >= 0.6 is 12.2 Å². The van der Waals surface area contributed by atoms with E-state index in [9.17, 15) is 4.79 Å². The summed E-state index contributed by atoms with van der Waals surface area (Å²) in [5, 5.41) is 5.90. The average Bonchev–Trinajstić information content (AvgIpc) is 3.18. The number of anilines is 1. The first-order chi connectivity index (χ1) is 14.5. The summed E-state index contributed by atoms with van der Waals surface area (Å²) in [4.78, 5) is 17.1. The van der Waals surface area contributed by atoms with Gasteiger partial charge in [0.2, 0.25) is 5.89 Å². The third-order valence-electron chi connectivity index (χ3n) is 4.55. The number of hydrogen-bond donors (Lipinski definition) is 2. The summed E-state index contributed by atoms with van der Waals surface area (Å²) in [5.74, 6) is 0.693. The van der Waals surface area contributed by atoms with Crippen molar-refractivity contribution in [1.29, 1.82) is 0 Å². The standard InChI is InChI=1S/C23H19N3O3S/c1-14-7-5-10-17(20(14)28-2)21(27)26-23(30)24-16-9-6-8-15(13-16)22-25-18-11-3-4-12-19(18)29-22/h3-13H,1-2H3,(H2,24,26,27,30). The minimum absolute atomic E-state index is 0.179. The van der Waals surface area contributed by atoms with Crippen molar-refractivity contribution in [3.05, 3.63) is 77.9 Å². The van der Waals surface area contributed by atoms with Crippen molar-refractivity contribution in [1.82, 2.24) is 10.3 Å². The Morgan fingerprint density at radius 2 is 1.87 bits per heavy atom. The second-order valence-electron chi connectivity index (χ2n) is 6.63. The Balaban J connectivity index is 1.49. The van der Waals surface area contributed by atoms with E-state index >= 15 is 0 Å². The number of carbonyl (C=O) groups is 1. The first kappa shape index (κ1) is 19.6. The monoisotopic (exact) mass is 417 g/mol. The summed E-state index contributed by atoms with van der Waals surface area (Å²) < 4.78 is 11.2. The van der Waals surface area contributed by atoms with Gasteiger partial charge in [0.25, 0.3) is 5.91 Å². The maximum Gasteiger partial charge on any atom is 0.261 e. The lowest BCUT2D eigenvalue weighted by Gasteiger charge is -2.13. The Hall–Kier alpha value is -3.71. The Kier molecular flexibility index (Phi) is 5.45. The van der Waals surface area contributed by atoms with Gasteiger partial charge in [0.05, 0.1) is 12.7 Å². The van der Waals surface area contributed by atoms with Gasteiger partial charge in [-0.05, 0) is 61.1 Å². The van der Waals surface area contributed by atoms with Crippen molar-refractivity contribution in [3.63, 3.8) is 0 Å². The molecule has 1 amide bonds. The van der Waals surface area contributed by atoms with E-state index in [1.54, 1.807) is 12.1 Å². The molecular formula is C23H19N3O3S. The predicted molar refractivity (Wildman–Crippen MR) is 121 cm³/mol. The molecule has 0 aliphatic rings. The van der Waals surface area contributed by atoms with Crippen molar-refractivity contribution in [2.45, 2.75) is 6.92 Å². The van der Waals surface area contributed by atoms with Crippen LogP contribution in [-0.4, -0.2) is 23.1 Å². The van der Waals surface area contributed by atoms with Crippen molar-refractivity contribution in [2.24, 2.45) is 0 Å². The average molecular weight is 417 g/mol. The zero-order valence-electron chi connectivity index (χ0n) is 16.4. The summed E-state index contributed by atoms with van der Waals surface area (Å²) in [5.41, 5.74) is 4.31. The van der Waals surface area contributed by atoms with E-state index in [1.165, 1.54) is 7.11 Å². The van der Waals surface area contributed by atoms with Crippen LogP contribution in [0.2, 0.25) is 0 Å². The lowest BCUT2D eigenvalue weighted by Crippen LogP contribution is -2.34. The molecule has 0 bridgehead atoms. The highest BCUT2D eigenvalue weighted by Crippen LogP contribution is 2.26. The number of hydrogen-bond acceptors (Lipinski definition) is 5. The molecule has 4 rings (SSSR count). The number of aromatic nitrogens is 1. The fraction of sp³-hybridized carbons (Fsp3) is 0.0870. The lowest BCUT2D eigenvalue weighted by molar-refractivity contribution is 0.0974. The molecule has 6 nitrogen and oxygen atoms in total. The lowest BCUT2D eigenvalue weighted by atomic mass is 10.1. The number of para-hydroxylation sites is 3. The fourth-order valence-corrected chi connectivity index (χ4v) is 3.37. The van der Waals surface area contributed by atoms with Crippen LogP contribution < -0.4 is 15.4 Å². The molecule has 0 fully saturated rings. The molecular weight excluding hydrogens is 398 g/mol. The highest BCUT2D eigenvalue weighted by atomic mass is 32.1. The number of fused-ring (bicyclic) bond motifs is 1. The molecule has 3 aromatic carbocycles. The summed E-state index contributed by atoms with van der Waals surface area (Å²) in [6.07, 6.45) is 0. The molecule has 1 heterocycles. The number of amides is 1. The van der Waals surface area contributed by atoms with Gasteiger partial charge in [-0.1, -0.05) is 30.3 Å². The maximum absolute atomic E-state index is 12.6. The largest absolute Gasteiger partial charge is 0.496 e. The molecule has 0 saturated heterocycles. The van der Waals surface area contributed by atoms with Gasteiger partial charge < -0.3 is 14.5 Å². The van der Waals surface area contributed by atoms with Gasteiger partial charge in [0, 0.05) is 11.3 Å². The summed E-state index contributed by atoms with van der Waals surface area (Å²) in [6.45, 7) is 1.88. The number of carbonyl (C=O) groups excluding carboxylic acids is 1. The number of rotatable bonds is 4. The summed E-state index contributed by atoms with van der Waals surface area (Å²) >= 11 is 5.31. The third kappa shape index (κ3) is 4.01. The van der Waals surface area contributed by atoms with E-state index in [-0.39, 0.29) is 11.0 Å². The molecule has 0 aliphatic heterocycles. The van der Waals surface area contributed by atoms with E-state index < -0.39 is 0 Å². The Labute approximate surface area is 178 Å². The topological polar surface area (TPSA) is 76.4 Å². The van der Waals surface area contributed by atoms with E-state index in [0.717, 1.165) is 22.2 Å². The smallest absolute Gasteiger partial charge is 0.261 e. The molecule has 4 aromatic rings. The Morgan fingerprint density at radius 1 is 1.07 bits per heavy atom. The predicted octanol–water partition coefficient (Wildman–Crippen LogP) is 4.94. The molecule has 0 unspecified atom stereocenters. The Morgan fingerprint density at radius 3 is 2.67 bits per heavy atom. The molecule has 0 saturated carbocycles. The van der Waals surface area contributed by atoms with Crippen molar-refractivity contribution < 1.29 is 13.9 Å². The Bertz CT molecular complexity index is 1220. The van der Waals surface area contributed by atoms with Gasteiger partial charge in [0.15, 0.2) is 10.7 Å². The zero-order chi connectivity index (χ0) is 21.1. The molecule has 0 aliphatic carbocycles. The summed E-state index contributed by atoms with van der Waals surface area (Å²) in [7, 11) is 1.54. The highest BCUT2D eigenvalue weighted by molar-refractivity contribution is 7.80. The van der Waals surface area contributed by atoms with Crippen molar-refractivity contribution in [3.8, 4) is 17.2 Å². The molecule has 0 radical (unpaired) electrons. The van der Waals surface area contributed by atoms with Crippen LogP contribution in [-0.2, 0) is 0 Å². The van der Waals surface area contributed by atoms with E-state index in [4.69, 9.17) is 21.4 Å². The van der Waals surface area contributed by atoms with E-state index in [0.29, 0.717) is 22.9 Å². The molecule has 30 heavy (non-hydrogen) atoms. The number of aryl methyl sites for hydroxylation is 1. The highest BCUT2D eigenvalue weighted by Gasteiger charge is 2.15. The first-order valence-corrected chi connectivity index (χ1v) is 9.68. The SMILES string of the molecule is COc1c(C)cccc1C(=O)NC(=S)Nc1cccc(-c2nc3ccccc3o2)c1. The fourth-order valence-electron chi connectivity index (χ4n) is 3.16. The van der Waals surface area contributed by atoms with Crippen molar-refractivity contribution in [2.75, 3.05) is 12.4 Å². The number of ether oxygens (including phenoxy) is 1. The van der Waals surface area contributed by atoms with Gasteiger partial charge in [0.1, 0.15) is 11.3 Å². The third-order valence-corrected chi connectivity index (χ3v) is 4.75. The van der Waals surface area contributed by atoms with Gasteiger partial charge in [-0.3, -0.25) is 10.1 Å². The van der Waals surface area contributed by atoms with Crippen LogP contribution in [0.5, 0.6) is 5.75 Å². The molecule has 150 valence electrons. The molecule has 0 atom stereocenters. The molecule has 0 spiro atoms. The summed E-state index contributed by atoms with van der Waals surface area (Å²) in [6, 6.07) is 20.4. The molecule has 2 N–H and O–H groups in total. The minimum atomic E-state index is -0.344. The molecule has 1 aromatic heterocycles. The van der Waals surface area contributed by atoms with Gasteiger partial charge in [-0.25, -0.2) is 4.98 Å². The van der Waals surface area contributed by atoms with Gasteiger partial charge in [-0.15, -0.1) is 0 Å². The maximum atomic E-state index is 12.6. The second kappa shape index (κ2) is 8.34. The quantitative estimate of drug-likeness (QED) is 0.458. The van der Waals surface area contributed by atoms with Crippen LogP contribution in [0.3, 0.4) is 0 Å².